The van der Waals surface area contributed by atoms with E-state index in [4.69, 9.17) is 4.42 Å². The van der Waals surface area contributed by atoms with Gasteiger partial charge in [0.05, 0.1) is 12.8 Å². The minimum atomic E-state index is 0.773. The third-order valence-electron chi connectivity index (χ3n) is 5.36. The van der Waals surface area contributed by atoms with Gasteiger partial charge in [0.1, 0.15) is 5.76 Å². The van der Waals surface area contributed by atoms with Gasteiger partial charge in [-0.15, -0.1) is 0 Å². The Balaban J connectivity index is 1.33. The van der Waals surface area contributed by atoms with Gasteiger partial charge in [0.25, 0.3) is 0 Å². The number of nitrogens with one attached hydrogen (secondary N) is 1. The molecular weight excluding hydrogens is 248 g/mol. The van der Waals surface area contributed by atoms with Gasteiger partial charge in [-0.1, -0.05) is 12.8 Å². The van der Waals surface area contributed by atoms with Crippen molar-refractivity contribution in [3.63, 3.8) is 0 Å². The molecule has 0 aromatic carbocycles. The van der Waals surface area contributed by atoms with Gasteiger partial charge in [-0.3, -0.25) is 4.90 Å². The molecule has 0 spiro atoms. The highest BCUT2D eigenvalue weighted by atomic mass is 16.3. The minimum absolute atomic E-state index is 0.773. The fraction of sp³-hybridized carbons (Fsp3) is 0.765. The first-order chi connectivity index (χ1) is 9.88. The fourth-order valence-corrected chi connectivity index (χ4v) is 4.05. The van der Waals surface area contributed by atoms with Crippen molar-refractivity contribution in [2.45, 2.75) is 70.1 Å². The Labute approximate surface area is 121 Å². The third-order valence-corrected chi connectivity index (χ3v) is 5.36. The van der Waals surface area contributed by atoms with E-state index in [2.05, 4.69) is 16.3 Å². The zero-order chi connectivity index (χ0) is 13.4. The lowest BCUT2D eigenvalue weighted by Crippen LogP contribution is -2.34. The molecule has 2 aliphatic carbocycles. The number of hydrogen-bond donors (Lipinski definition) is 1. The van der Waals surface area contributed by atoms with E-state index in [-0.39, 0.29) is 0 Å². The van der Waals surface area contributed by atoms with Crippen LogP contribution in [-0.2, 0) is 13.1 Å². The molecule has 0 bridgehead atoms. The molecule has 1 aromatic heterocycles. The summed E-state index contributed by atoms with van der Waals surface area (Å²) in [5.74, 6) is 2.12. The smallest absolute Gasteiger partial charge is 0.118 e. The maximum absolute atomic E-state index is 5.78. The van der Waals surface area contributed by atoms with Crippen LogP contribution in [0.3, 0.4) is 0 Å². The van der Waals surface area contributed by atoms with Crippen molar-refractivity contribution in [1.82, 2.24) is 10.2 Å². The third kappa shape index (κ3) is 2.79. The normalized spacial score (nSPS) is 30.6. The number of fused-ring (bicyclic) bond motifs is 1. The van der Waals surface area contributed by atoms with E-state index in [9.17, 15) is 0 Å². The summed E-state index contributed by atoms with van der Waals surface area (Å²) in [6.07, 6.45) is 11.8. The zero-order valence-corrected chi connectivity index (χ0v) is 12.3. The topological polar surface area (TPSA) is 28.4 Å². The van der Waals surface area contributed by atoms with Crippen LogP contribution in [0.5, 0.6) is 0 Å². The fourth-order valence-electron chi connectivity index (χ4n) is 4.05. The van der Waals surface area contributed by atoms with Gasteiger partial charge in [0.2, 0.25) is 0 Å². The summed E-state index contributed by atoms with van der Waals surface area (Å²) in [6.45, 7) is 3.26. The second-order valence-corrected chi connectivity index (χ2v) is 6.95. The summed E-state index contributed by atoms with van der Waals surface area (Å²) in [5.41, 5.74) is 1.31. The minimum Gasteiger partial charge on any atom is -0.468 e. The van der Waals surface area contributed by atoms with E-state index in [0.717, 1.165) is 36.9 Å². The van der Waals surface area contributed by atoms with Gasteiger partial charge < -0.3 is 9.73 Å². The van der Waals surface area contributed by atoms with E-state index >= 15 is 0 Å². The average Bonchev–Trinajstić information content (AvgIpc) is 3.06. The molecule has 3 aliphatic rings. The predicted molar refractivity (Wildman–Crippen MR) is 79.3 cm³/mol. The maximum atomic E-state index is 5.78. The van der Waals surface area contributed by atoms with Crippen LogP contribution in [0, 0.1) is 5.92 Å². The monoisotopic (exact) mass is 274 g/mol. The lowest BCUT2D eigenvalue weighted by Gasteiger charge is -2.31. The molecule has 2 atom stereocenters. The van der Waals surface area contributed by atoms with Crippen molar-refractivity contribution < 1.29 is 4.42 Å². The first-order valence-corrected chi connectivity index (χ1v) is 8.42. The summed E-state index contributed by atoms with van der Waals surface area (Å²) >= 11 is 0. The summed E-state index contributed by atoms with van der Waals surface area (Å²) in [4.78, 5) is 2.67. The molecule has 2 heterocycles. The first-order valence-electron chi connectivity index (χ1n) is 8.42. The van der Waals surface area contributed by atoms with Crippen LogP contribution in [0.4, 0.5) is 0 Å². The molecule has 1 N–H and O–H groups in total. The second kappa shape index (κ2) is 5.53. The Morgan fingerprint density at radius 1 is 1.15 bits per heavy atom. The van der Waals surface area contributed by atoms with E-state index in [0.29, 0.717) is 0 Å². The number of likely N-dealkylation sites (tertiary alicyclic amines) is 1. The molecule has 0 radical (unpaired) electrons. The molecule has 1 aromatic rings. The maximum Gasteiger partial charge on any atom is 0.118 e. The van der Waals surface area contributed by atoms with Crippen molar-refractivity contribution in [1.29, 1.82) is 0 Å². The van der Waals surface area contributed by atoms with Crippen LogP contribution in [0.25, 0.3) is 0 Å². The predicted octanol–water partition coefficient (Wildman–Crippen LogP) is 3.30. The summed E-state index contributed by atoms with van der Waals surface area (Å²) in [7, 11) is 0. The van der Waals surface area contributed by atoms with Crippen molar-refractivity contribution in [2.24, 2.45) is 5.92 Å². The lowest BCUT2D eigenvalue weighted by molar-refractivity contribution is 0.165. The van der Waals surface area contributed by atoms with Gasteiger partial charge in [-0.05, 0) is 50.6 Å². The van der Waals surface area contributed by atoms with Crippen molar-refractivity contribution in [3.8, 4) is 0 Å². The van der Waals surface area contributed by atoms with Gasteiger partial charge in [-0.25, -0.2) is 0 Å². The summed E-state index contributed by atoms with van der Waals surface area (Å²) in [6, 6.07) is 3.86. The second-order valence-electron chi connectivity index (χ2n) is 6.95. The van der Waals surface area contributed by atoms with Crippen LogP contribution >= 0.6 is 0 Å². The molecule has 0 amide bonds. The molecule has 2 unspecified atom stereocenters. The highest BCUT2D eigenvalue weighted by molar-refractivity contribution is 5.13. The number of hydrogen-bond acceptors (Lipinski definition) is 3. The number of rotatable bonds is 5. The van der Waals surface area contributed by atoms with Gasteiger partial charge in [-0.2, -0.15) is 0 Å². The Bertz CT molecular complexity index is 452. The van der Waals surface area contributed by atoms with Crippen LogP contribution < -0.4 is 5.32 Å². The highest BCUT2D eigenvalue weighted by Gasteiger charge is 2.35. The van der Waals surface area contributed by atoms with E-state index in [1.807, 2.05) is 6.26 Å². The van der Waals surface area contributed by atoms with Crippen LogP contribution in [-0.4, -0.2) is 23.5 Å². The molecule has 1 aliphatic heterocycles. The lowest BCUT2D eigenvalue weighted by atomic mass is 9.85. The SMILES string of the molecule is c1oc(CN2CCC3CCCCC32)cc1CNC1CC1. The quantitative estimate of drug-likeness (QED) is 0.893. The molecule has 3 heteroatoms. The Morgan fingerprint density at radius 2 is 2.05 bits per heavy atom. The molecule has 2 saturated carbocycles. The molecular formula is C17H26N2O. The van der Waals surface area contributed by atoms with Crippen LogP contribution in [0.2, 0.25) is 0 Å². The van der Waals surface area contributed by atoms with Crippen LogP contribution in [0.1, 0.15) is 56.3 Å². The number of nitrogens with zero attached hydrogens (tertiary/aromatic N) is 1. The molecule has 20 heavy (non-hydrogen) atoms. The first kappa shape index (κ1) is 12.9. The standard InChI is InChI=1S/C17H26N2O/c1-2-4-17-14(3-1)7-8-19(17)11-16-9-13(12-20-16)10-18-15-5-6-15/h9,12,14-15,17-18H,1-8,10-11H2. The number of furan rings is 1. The van der Waals surface area contributed by atoms with E-state index < -0.39 is 0 Å². The van der Waals surface area contributed by atoms with Crippen molar-refractivity contribution in [2.75, 3.05) is 6.54 Å². The Hall–Kier alpha value is -0.800. The molecule has 1 saturated heterocycles. The zero-order valence-electron chi connectivity index (χ0n) is 12.3. The average molecular weight is 274 g/mol. The van der Waals surface area contributed by atoms with E-state index in [1.165, 1.54) is 57.1 Å². The summed E-state index contributed by atoms with van der Waals surface area (Å²) < 4.78 is 5.78. The largest absolute Gasteiger partial charge is 0.468 e. The van der Waals surface area contributed by atoms with E-state index in [1.54, 1.807) is 0 Å². The molecule has 3 fully saturated rings. The van der Waals surface area contributed by atoms with Gasteiger partial charge >= 0.3 is 0 Å². The Morgan fingerprint density at radius 3 is 2.95 bits per heavy atom. The van der Waals surface area contributed by atoms with Gasteiger partial charge in [0, 0.05) is 24.2 Å². The molecule has 110 valence electrons. The molecule has 4 rings (SSSR count). The van der Waals surface area contributed by atoms with Crippen LogP contribution in [0.15, 0.2) is 16.7 Å². The molecule has 3 nitrogen and oxygen atoms in total. The van der Waals surface area contributed by atoms with Gasteiger partial charge in [0.15, 0.2) is 0 Å². The van der Waals surface area contributed by atoms with Crippen molar-refractivity contribution >= 4 is 0 Å². The van der Waals surface area contributed by atoms with Crippen molar-refractivity contribution in [3.05, 3.63) is 23.7 Å². The summed E-state index contributed by atoms with van der Waals surface area (Å²) in [5, 5.41) is 3.55. The highest BCUT2D eigenvalue weighted by Crippen LogP contribution is 2.36. The Kier molecular flexibility index (Phi) is 3.57.